The van der Waals surface area contributed by atoms with Crippen molar-refractivity contribution in [3.63, 3.8) is 0 Å². The third kappa shape index (κ3) is 4.82. The van der Waals surface area contributed by atoms with Crippen molar-refractivity contribution in [3.8, 4) is 0 Å². The van der Waals surface area contributed by atoms with Crippen LogP contribution in [0.1, 0.15) is 47.4 Å². The second-order valence-electron chi connectivity index (χ2n) is 5.07. The number of rotatable bonds is 8. The van der Waals surface area contributed by atoms with Crippen LogP contribution in [0.25, 0.3) is 0 Å². The van der Waals surface area contributed by atoms with Gasteiger partial charge in [-0.3, -0.25) is 9.59 Å². The zero-order valence-electron chi connectivity index (χ0n) is 13.0. The van der Waals surface area contributed by atoms with Crippen LogP contribution in [0.15, 0.2) is 24.3 Å². The van der Waals surface area contributed by atoms with Crippen LogP contribution < -0.4 is 10.6 Å². The fraction of sp³-hybridized carbons (Fsp3) is 0.500. The molecule has 0 saturated carbocycles. The van der Waals surface area contributed by atoms with E-state index in [1.807, 2.05) is 13.8 Å². The summed E-state index contributed by atoms with van der Waals surface area (Å²) in [5, 5.41) is 23.7. The van der Waals surface area contributed by atoms with Gasteiger partial charge in [0.05, 0.1) is 36.4 Å². The number of amides is 2. The first-order valence-corrected chi connectivity index (χ1v) is 7.49. The van der Waals surface area contributed by atoms with Crippen molar-refractivity contribution in [1.82, 2.24) is 10.6 Å². The van der Waals surface area contributed by atoms with Gasteiger partial charge in [-0.25, -0.2) is 0 Å². The Morgan fingerprint density at radius 2 is 1.27 bits per heavy atom. The van der Waals surface area contributed by atoms with Gasteiger partial charge in [0.25, 0.3) is 11.8 Å². The van der Waals surface area contributed by atoms with Gasteiger partial charge >= 0.3 is 0 Å². The summed E-state index contributed by atoms with van der Waals surface area (Å²) in [6.07, 6.45) is 1.19. The molecule has 6 nitrogen and oxygen atoms in total. The molecule has 0 aliphatic heterocycles. The minimum absolute atomic E-state index is 0.154. The van der Waals surface area contributed by atoms with Crippen LogP contribution in [0.3, 0.4) is 0 Å². The number of hydrogen-bond acceptors (Lipinski definition) is 4. The lowest BCUT2D eigenvalue weighted by atomic mass is 10.0. The number of benzene rings is 1. The molecule has 6 heteroatoms. The summed E-state index contributed by atoms with van der Waals surface area (Å²) >= 11 is 0. The standard InChI is InChI=1S/C16H24N2O4/c1-3-11(9-19)17-15(21)13-7-5-6-8-14(13)16(22)18-12(4-2)10-20/h5-8,11-12,19-20H,3-4,9-10H2,1-2H3,(H,17,21)(H,18,22)/t11-,12-/m1/s1. The summed E-state index contributed by atoms with van der Waals surface area (Å²) in [4.78, 5) is 24.5. The Kier molecular flexibility index (Phi) is 7.56. The predicted molar refractivity (Wildman–Crippen MR) is 83.7 cm³/mol. The molecule has 0 fully saturated rings. The number of nitrogens with one attached hydrogen (secondary N) is 2. The molecule has 22 heavy (non-hydrogen) atoms. The number of aliphatic hydroxyl groups is 2. The van der Waals surface area contributed by atoms with Crippen molar-refractivity contribution in [2.45, 2.75) is 38.8 Å². The highest BCUT2D eigenvalue weighted by Gasteiger charge is 2.20. The molecule has 0 aromatic heterocycles. The van der Waals surface area contributed by atoms with Crippen molar-refractivity contribution in [2.24, 2.45) is 0 Å². The second-order valence-corrected chi connectivity index (χ2v) is 5.07. The smallest absolute Gasteiger partial charge is 0.252 e. The van der Waals surface area contributed by atoms with Gasteiger partial charge < -0.3 is 20.8 Å². The first kappa shape index (κ1) is 18.1. The maximum Gasteiger partial charge on any atom is 0.252 e. The van der Waals surface area contributed by atoms with Crippen LogP contribution >= 0.6 is 0 Å². The molecule has 0 bridgehead atoms. The SMILES string of the molecule is CC[C@H](CO)NC(=O)c1ccccc1C(=O)N[C@H](CC)CO. The maximum atomic E-state index is 12.3. The molecule has 0 heterocycles. The molecule has 0 radical (unpaired) electrons. The summed E-state index contributed by atoms with van der Waals surface area (Å²) in [7, 11) is 0. The van der Waals surface area contributed by atoms with Gasteiger partial charge in [-0.1, -0.05) is 26.0 Å². The van der Waals surface area contributed by atoms with E-state index in [0.29, 0.717) is 12.8 Å². The fourth-order valence-corrected chi connectivity index (χ4v) is 1.96. The lowest BCUT2D eigenvalue weighted by Gasteiger charge is -2.17. The normalized spacial score (nSPS) is 13.3. The molecule has 0 aliphatic rings. The van der Waals surface area contributed by atoms with Crippen molar-refractivity contribution < 1.29 is 19.8 Å². The molecule has 122 valence electrons. The van der Waals surface area contributed by atoms with Crippen molar-refractivity contribution in [2.75, 3.05) is 13.2 Å². The Hall–Kier alpha value is -1.92. The first-order valence-electron chi connectivity index (χ1n) is 7.49. The second kappa shape index (κ2) is 9.17. The Bertz CT molecular complexity index is 452. The van der Waals surface area contributed by atoms with E-state index in [1.165, 1.54) is 0 Å². The molecule has 2 amide bonds. The largest absolute Gasteiger partial charge is 0.394 e. The molecule has 0 unspecified atom stereocenters. The third-order valence-corrected chi connectivity index (χ3v) is 3.51. The molecule has 1 rings (SSSR count). The van der Waals surface area contributed by atoms with Crippen molar-refractivity contribution in [1.29, 1.82) is 0 Å². The average Bonchev–Trinajstić information content (AvgIpc) is 2.56. The quantitative estimate of drug-likeness (QED) is 0.568. The summed E-state index contributed by atoms with van der Waals surface area (Å²) in [6.45, 7) is 3.40. The minimum atomic E-state index is -0.399. The van der Waals surface area contributed by atoms with Gasteiger partial charge in [-0.05, 0) is 25.0 Å². The van der Waals surface area contributed by atoms with Gasteiger partial charge in [0, 0.05) is 0 Å². The summed E-state index contributed by atoms with van der Waals surface area (Å²) in [5.74, 6) is -0.799. The van der Waals surface area contributed by atoms with Crippen LogP contribution in [0.5, 0.6) is 0 Å². The first-order chi connectivity index (χ1) is 10.6. The van der Waals surface area contributed by atoms with E-state index in [2.05, 4.69) is 10.6 Å². The van der Waals surface area contributed by atoms with Gasteiger partial charge in [0.1, 0.15) is 0 Å². The average molecular weight is 308 g/mol. The highest BCUT2D eigenvalue weighted by atomic mass is 16.3. The minimum Gasteiger partial charge on any atom is -0.394 e. The predicted octanol–water partition coefficient (Wildman–Crippen LogP) is 0.688. The molecule has 1 aromatic rings. The van der Waals surface area contributed by atoms with Gasteiger partial charge in [-0.2, -0.15) is 0 Å². The Morgan fingerprint density at radius 3 is 1.55 bits per heavy atom. The summed E-state index contributed by atoms with van der Waals surface area (Å²) in [6, 6.07) is 5.79. The third-order valence-electron chi connectivity index (χ3n) is 3.51. The van der Waals surface area contributed by atoms with E-state index >= 15 is 0 Å². The van der Waals surface area contributed by atoms with Crippen LogP contribution in [0.2, 0.25) is 0 Å². The molecule has 0 saturated heterocycles. The molecule has 0 spiro atoms. The molecular formula is C16H24N2O4. The van der Waals surface area contributed by atoms with E-state index in [9.17, 15) is 9.59 Å². The van der Waals surface area contributed by atoms with E-state index in [4.69, 9.17) is 10.2 Å². The highest BCUT2D eigenvalue weighted by Crippen LogP contribution is 2.10. The number of carbonyl (C=O) groups is 2. The zero-order valence-corrected chi connectivity index (χ0v) is 13.0. The maximum absolute atomic E-state index is 12.3. The van der Waals surface area contributed by atoms with Gasteiger partial charge in [0.15, 0.2) is 0 Å². The zero-order chi connectivity index (χ0) is 16.5. The van der Waals surface area contributed by atoms with Crippen molar-refractivity contribution in [3.05, 3.63) is 35.4 Å². The topological polar surface area (TPSA) is 98.7 Å². The lowest BCUT2D eigenvalue weighted by molar-refractivity contribution is 0.0881. The summed E-state index contributed by atoms with van der Waals surface area (Å²) in [5.41, 5.74) is 0.499. The summed E-state index contributed by atoms with van der Waals surface area (Å²) < 4.78 is 0. The van der Waals surface area contributed by atoms with Crippen LogP contribution in [-0.4, -0.2) is 47.3 Å². The number of aliphatic hydroxyl groups excluding tert-OH is 2. The monoisotopic (exact) mass is 308 g/mol. The van der Waals surface area contributed by atoms with Crippen LogP contribution in [0.4, 0.5) is 0 Å². The number of carbonyl (C=O) groups excluding carboxylic acids is 2. The van der Waals surface area contributed by atoms with E-state index in [0.717, 1.165) is 0 Å². The van der Waals surface area contributed by atoms with E-state index in [-0.39, 0.29) is 36.4 Å². The van der Waals surface area contributed by atoms with Crippen LogP contribution in [0, 0.1) is 0 Å². The van der Waals surface area contributed by atoms with Crippen molar-refractivity contribution >= 4 is 11.8 Å². The number of hydrogen-bond donors (Lipinski definition) is 4. The highest BCUT2D eigenvalue weighted by molar-refractivity contribution is 6.07. The van der Waals surface area contributed by atoms with Crippen LogP contribution in [-0.2, 0) is 0 Å². The molecular weight excluding hydrogens is 284 g/mol. The Labute approximate surface area is 130 Å². The lowest BCUT2D eigenvalue weighted by Crippen LogP contribution is -2.40. The van der Waals surface area contributed by atoms with E-state index < -0.39 is 11.8 Å². The Balaban J connectivity index is 2.93. The van der Waals surface area contributed by atoms with Gasteiger partial charge in [-0.15, -0.1) is 0 Å². The molecule has 2 atom stereocenters. The van der Waals surface area contributed by atoms with Gasteiger partial charge in [0.2, 0.25) is 0 Å². The molecule has 4 N–H and O–H groups in total. The molecule has 0 aliphatic carbocycles. The van der Waals surface area contributed by atoms with E-state index in [1.54, 1.807) is 24.3 Å². The Morgan fingerprint density at radius 1 is 0.909 bits per heavy atom. The molecule has 1 aromatic carbocycles. The fourth-order valence-electron chi connectivity index (χ4n) is 1.96.